The van der Waals surface area contributed by atoms with Gasteiger partial charge in [0.1, 0.15) is 6.54 Å². The number of nitrogens with zero attached hydrogens (tertiary/aromatic N) is 4. The first-order valence-corrected chi connectivity index (χ1v) is 8.27. The number of non-ortho nitro benzene ring substituents is 1. The van der Waals surface area contributed by atoms with Gasteiger partial charge in [-0.3, -0.25) is 14.9 Å². The van der Waals surface area contributed by atoms with Crippen LogP contribution in [0.1, 0.15) is 18.3 Å². The molecular weight excluding hydrogens is 391 g/mol. The number of amides is 1. The molecule has 0 aliphatic rings. The predicted molar refractivity (Wildman–Crippen MR) is 98.2 cm³/mol. The molecule has 1 N–H and O–H groups in total. The zero-order chi connectivity index (χ0) is 21.2. The second-order valence-corrected chi connectivity index (χ2v) is 6.04. The number of hydrogen-bond acceptors (Lipinski definition) is 5. The fraction of sp³-hybridized carbons (Fsp3) is 0.167. The first-order chi connectivity index (χ1) is 13.7. The van der Waals surface area contributed by atoms with Gasteiger partial charge in [-0.15, -0.1) is 0 Å². The number of hydrazone groups is 1. The molecule has 0 aliphatic carbocycles. The third kappa shape index (κ3) is 4.39. The number of halogens is 3. The number of aromatic nitrogens is 2. The number of para-hydroxylation sites is 2. The summed E-state index contributed by atoms with van der Waals surface area (Å²) in [5, 5.41) is 14.5. The van der Waals surface area contributed by atoms with Crippen molar-refractivity contribution in [1.29, 1.82) is 0 Å². The average molecular weight is 405 g/mol. The van der Waals surface area contributed by atoms with E-state index in [2.05, 4.69) is 15.5 Å². The average Bonchev–Trinajstić information content (AvgIpc) is 3.05. The Labute approximate surface area is 161 Å². The maximum Gasteiger partial charge on any atom is 0.449 e. The number of carbonyl (C=O) groups is 1. The highest BCUT2D eigenvalue weighted by Crippen LogP contribution is 2.31. The zero-order valence-corrected chi connectivity index (χ0v) is 15.0. The fourth-order valence-corrected chi connectivity index (χ4v) is 2.67. The summed E-state index contributed by atoms with van der Waals surface area (Å²) in [6, 6.07) is 11.4. The Balaban J connectivity index is 1.79. The fourth-order valence-electron chi connectivity index (χ4n) is 2.67. The number of imidazole rings is 1. The summed E-state index contributed by atoms with van der Waals surface area (Å²) in [6.07, 6.45) is -4.72. The molecule has 0 spiro atoms. The van der Waals surface area contributed by atoms with Crippen LogP contribution in [0.4, 0.5) is 18.9 Å². The second kappa shape index (κ2) is 7.70. The van der Waals surface area contributed by atoms with Gasteiger partial charge in [-0.2, -0.15) is 18.3 Å². The van der Waals surface area contributed by atoms with Gasteiger partial charge in [0, 0.05) is 12.1 Å². The lowest BCUT2D eigenvalue weighted by Crippen LogP contribution is -2.27. The molecule has 150 valence electrons. The number of hydrogen-bond donors (Lipinski definition) is 1. The lowest BCUT2D eigenvalue weighted by molar-refractivity contribution is -0.384. The van der Waals surface area contributed by atoms with E-state index in [1.165, 1.54) is 36.4 Å². The predicted octanol–water partition coefficient (Wildman–Crippen LogP) is 3.50. The van der Waals surface area contributed by atoms with E-state index in [4.69, 9.17) is 0 Å². The molecule has 1 aromatic heterocycles. The molecule has 11 heteroatoms. The first-order valence-electron chi connectivity index (χ1n) is 8.27. The largest absolute Gasteiger partial charge is 0.449 e. The maximum absolute atomic E-state index is 13.3. The molecule has 1 amide bonds. The van der Waals surface area contributed by atoms with Crippen molar-refractivity contribution in [1.82, 2.24) is 15.0 Å². The maximum atomic E-state index is 13.3. The van der Waals surface area contributed by atoms with Crippen LogP contribution < -0.4 is 5.43 Å². The second-order valence-electron chi connectivity index (χ2n) is 6.04. The van der Waals surface area contributed by atoms with Crippen LogP contribution in [0.2, 0.25) is 0 Å². The molecule has 29 heavy (non-hydrogen) atoms. The molecule has 0 radical (unpaired) electrons. The Hall–Kier alpha value is -3.76. The SMILES string of the molecule is CC(=NNC(=O)Cn1c(C(F)(F)F)nc2ccccc21)c1ccc([N+](=O)[O-])cc1. The van der Waals surface area contributed by atoms with Gasteiger partial charge in [-0.05, 0) is 36.8 Å². The minimum atomic E-state index is -4.72. The monoisotopic (exact) mass is 405 g/mol. The normalized spacial score (nSPS) is 12.2. The molecule has 0 saturated carbocycles. The van der Waals surface area contributed by atoms with Crippen molar-refractivity contribution in [2.24, 2.45) is 5.10 Å². The van der Waals surface area contributed by atoms with Gasteiger partial charge in [0.2, 0.25) is 5.82 Å². The molecule has 3 rings (SSSR count). The Morgan fingerprint density at radius 3 is 2.48 bits per heavy atom. The minimum absolute atomic E-state index is 0.0998. The lowest BCUT2D eigenvalue weighted by atomic mass is 10.1. The van der Waals surface area contributed by atoms with E-state index in [0.29, 0.717) is 11.3 Å². The zero-order valence-electron chi connectivity index (χ0n) is 15.0. The molecule has 0 fully saturated rings. The molecule has 8 nitrogen and oxygen atoms in total. The number of fused-ring (bicyclic) bond motifs is 1. The molecule has 1 heterocycles. The van der Waals surface area contributed by atoms with Crippen molar-refractivity contribution in [3.63, 3.8) is 0 Å². The van der Waals surface area contributed by atoms with Crippen LogP contribution in [0, 0.1) is 10.1 Å². The van der Waals surface area contributed by atoms with Crippen molar-refractivity contribution >= 4 is 28.3 Å². The highest BCUT2D eigenvalue weighted by atomic mass is 19.4. The van der Waals surface area contributed by atoms with E-state index in [1.807, 2.05) is 0 Å². The highest BCUT2D eigenvalue weighted by molar-refractivity contribution is 5.99. The summed E-state index contributed by atoms with van der Waals surface area (Å²) >= 11 is 0. The number of carbonyl (C=O) groups excluding carboxylic acids is 1. The Bertz CT molecular complexity index is 1100. The van der Waals surface area contributed by atoms with E-state index in [0.717, 1.165) is 4.57 Å². The Morgan fingerprint density at radius 2 is 1.86 bits per heavy atom. The van der Waals surface area contributed by atoms with Crippen LogP contribution in [0.15, 0.2) is 53.6 Å². The van der Waals surface area contributed by atoms with Gasteiger partial charge in [0.25, 0.3) is 11.6 Å². The van der Waals surface area contributed by atoms with Crippen LogP contribution in [-0.2, 0) is 17.5 Å². The summed E-state index contributed by atoms with van der Waals surface area (Å²) in [4.78, 5) is 25.9. The number of benzene rings is 2. The summed E-state index contributed by atoms with van der Waals surface area (Å²) in [5.41, 5.74) is 3.24. The van der Waals surface area contributed by atoms with Gasteiger partial charge in [-0.1, -0.05) is 12.1 Å². The van der Waals surface area contributed by atoms with Crippen LogP contribution in [0.5, 0.6) is 0 Å². The number of alkyl halides is 3. The molecule has 0 bridgehead atoms. The van der Waals surface area contributed by atoms with Gasteiger partial charge in [0.15, 0.2) is 0 Å². The molecule has 3 aromatic rings. The van der Waals surface area contributed by atoms with Gasteiger partial charge >= 0.3 is 6.18 Å². The third-order valence-corrected chi connectivity index (χ3v) is 4.05. The van der Waals surface area contributed by atoms with E-state index >= 15 is 0 Å². The number of rotatable bonds is 5. The summed E-state index contributed by atoms with van der Waals surface area (Å²) < 4.78 is 40.6. The van der Waals surface area contributed by atoms with E-state index in [1.54, 1.807) is 19.1 Å². The number of nitrogens with one attached hydrogen (secondary N) is 1. The van der Waals surface area contributed by atoms with Crippen molar-refractivity contribution < 1.29 is 22.9 Å². The van der Waals surface area contributed by atoms with Crippen molar-refractivity contribution in [2.75, 3.05) is 0 Å². The smallest absolute Gasteiger partial charge is 0.311 e. The van der Waals surface area contributed by atoms with Gasteiger partial charge in [-0.25, -0.2) is 10.4 Å². The van der Waals surface area contributed by atoms with Crippen molar-refractivity contribution in [2.45, 2.75) is 19.6 Å². The standard InChI is InChI=1S/C18H14F3N5O3/c1-11(12-6-8-13(9-7-12)26(28)29)23-24-16(27)10-25-15-5-3-2-4-14(15)22-17(25)18(19,20)21/h2-9H,10H2,1H3,(H,24,27). The van der Waals surface area contributed by atoms with Crippen molar-refractivity contribution in [3.05, 3.63) is 70.0 Å². The van der Waals surface area contributed by atoms with Crippen LogP contribution in [0.3, 0.4) is 0 Å². The Morgan fingerprint density at radius 1 is 1.21 bits per heavy atom. The highest BCUT2D eigenvalue weighted by Gasteiger charge is 2.37. The third-order valence-electron chi connectivity index (χ3n) is 4.05. The molecule has 0 unspecified atom stereocenters. The van der Waals surface area contributed by atoms with Gasteiger partial charge in [0.05, 0.1) is 21.7 Å². The van der Waals surface area contributed by atoms with E-state index in [-0.39, 0.29) is 16.7 Å². The van der Waals surface area contributed by atoms with Gasteiger partial charge < -0.3 is 4.57 Å². The summed E-state index contributed by atoms with van der Waals surface area (Å²) in [5.74, 6) is -1.95. The summed E-state index contributed by atoms with van der Waals surface area (Å²) in [6.45, 7) is 0.918. The topological polar surface area (TPSA) is 102 Å². The Kier molecular flexibility index (Phi) is 5.31. The van der Waals surface area contributed by atoms with E-state index < -0.39 is 29.4 Å². The molecule has 0 saturated heterocycles. The summed E-state index contributed by atoms with van der Waals surface area (Å²) in [7, 11) is 0. The van der Waals surface area contributed by atoms with Crippen molar-refractivity contribution in [3.8, 4) is 0 Å². The van der Waals surface area contributed by atoms with E-state index in [9.17, 15) is 28.1 Å². The minimum Gasteiger partial charge on any atom is -0.311 e. The quantitative estimate of drug-likeness (QED) is 0.399. The molecule has 2 aromatic carbocycles. The first kappa shape index (κ1) is 20.0. The molecule has 0 atom stereocenters. The molecular formula is C18H14F3N5O3. The van der Waals surface area contributed by atoms with Crippen LogP contribution in [0.25, 0.3) is 11.0 Å². The molecule has 0 aliphatic heterocycles. The van der Waals surface area contributed by atoms with Crippen LogP contribution >= 0.6 is 0 Å². The van der Waals surface area contributed by atoms with Crippen LogP contribution in [-0.4, -0.2) is 26.1 Å². The lowest BCUT2D eigenvalue weighted by Gasteiger charge is -2.10. The number of nitro groups is 1. The number of nitro benzene ring substituents is 1.